The molecule has 0 N–H and O–H groups in total. The number of rotatable bonds is 3. The Bertz CT molecular complexity index is 387. The number of amides is 1. The standard InChI is InChI=1S/C11H15ClN2OS/c1-7-13-10(6-16-7)11(15)14(2)5-8-3-9(12)4-8/h6,8-9H,3-5H2,1-2H3. The molecule has 0 saturated heterocycles. The maximum absolute atomic E-state index is 12.0. The van der Waals surface area contributed by atoms with Crippen molar-refractivity contribution in [2.75, 3.05) is 13.6 Å². The molecule has 0 bridgehead atoms. The Morgan fingerprint density at radius 3 is 2.88 bits per heavy atom. The van der Waals surface area contributed by atoms with Crippen LogP contribution in [-0.4, -0.2) is 34.8 Å². The Labute approximate surface area is 104 Å². The van der Waals surface area contributed by atoms with E-state index in [1.165, 1.54) is 11.3 Å². The number of hydrogen-bond donors (Lipinski definition) is 0. The van der Waals surface area contributed by atoms with Gasteiger partial charge in [-0.3, -0.25) is 4.79 Å². The van der Waals surface area contributed by atoms with Crippen LogP contribution in [0.5, 0.6) is 0 Å². The van der Waals surface area contributed by atoms with Gasteiger partial charge in [-0.05, 0) is 25.7 Å². The number of alkyl halides is 1. The first-order chi connectivity index (χ1) is 7.56. The van der Waals surface area contributed by atoms with Crippen LogP contribution in [-0.2, 0) is 0 Å². The quantitative estimate of drug-likeness (QED) is 0.781. The first-order valence-corrected chi connectivity index (χ1v) is 6.69. The van der Waals surface area contributed by atoms with Crippen LogP contribution in [0.4, 0.5) is 0 Å². The molecule has 1 aliphatic rings. The lowest BCUT2D eigenvalue weighted by Crippen LogP contribution is -2.38. The fourth-order valence-corrected chi connectivity index (χ4v) is 3.02. The van der Waals surface area contributed by atoms with E-state index in [-0.39, 0.29) is 5.91 Å². The third-order valence-electron chi connectivity index (χ3n) is 2.90. The topological polar surface area (TPSA) is 33.2 Å². The van der Waals surface area contributed by atoms with Gasteiger partial charge in [-0.25, -0.2) is 4.98 Å². The van der Waals surface area contributed by atoms with Gasteiger partial charge < -0.3 is 4.90 Å². The average Bonchev–Trinajstić information content (AvgIpc) is 2.61. The molecule has 1 aromatic rings. The van der Waals surface area contributed by atoms with E-state index in [9.17, 15) is 4.79 Å². The van der Waals surface area contributed by atoms with Crippen LogP contribution in [0, 0.1) is 12.8 Å². The number of aromatic nitrogens is 1. The maximum atomic E-state index is 12.0. The van der Waals surface area contributed by atoms with Crippen molar-refractivity contribution in [3.05, 3.63) is 16.1 Å². The molecule has 0 radical (unpaired) electrons. The summed E-state index contributed by atoms with van der Waals surface area (Å²) in [4.78, 5) is 17.9. The summed E-state index contributed by atoms with van der Waals surface area (Å²) in [7, 11) is 1.83. The van der Waals surface area contributed by atoms with Gasteiger partial charge in [0.2, 0.25) is 0 Å². The van der Waals surface area contributed by atoms with E-state index in [1.807, 2.05) is 19.4 Å². The van der Waals surface area contributed by atoms with E-state index in [1.54, 1.807) is 4.90 Å². The Kier molecular flexibility index (Phi) is 3.50. The average molecular weight is 259 g/mol. The molecular formula is C11H15ClN2OS. The number of thiazole rings is 1. The monoisotopic (exact) mass is 258 g/mol. The van der Waals surface area contributed by atoms with Crippen LogP contribution in [0.2, 0.25) is 0 Å². The maximum Gasteiger partial charge on any atom is 0.273 e. The molecule has 1 saturated carbocycles. The summed E-state index contributed by atoms with van der Waals surface area (Å²) in [6.07, 6.45) is 2.05. The zero-order valence-electron chi connectivity index (χ0n) is 9.44. The number of nitrogens with zero attached hydrogens (tertiary/aromatic N) is 2. The Morgan fingerprint density at radius 2 is 2.38 bits per heavy atom. The third kappa shape index (κ3) is 2.55. The highest BCUT2D eigenvalue weighted by Gasteiger charge is 2.29. The van der Waals surface area contributed by atoms with Crippen molar-refractivity contribution >= 4 is 28.8 Å². The molecule has 0 aromatic carbocycles. The molecule has 1 aromatic heterocycles. The van der Waals surface area contributed by atoms with E-state index in [0.717, 1.165) is 24.4 Å². The molecule has 1 aliphatic carbocycles. The molecular weight excluding hydrogens is 244 g/mol. The van der Waals surface area contributed by atoms with Gasteiger partial charge in [-0.1, -0.05) is 0 Å². The summed E-state index contributed by atoms with van der Waals surface area (Å²) in [5.74, 6) is 0.582. The van der Waals surface area contributed by atoms with Gasteiger partial charge in [0.05, 0.1) is 5.01 Å². The lowest BCUT2D eigenvalue weighted by Gasteiger charge is -2.33. The highest BCUT2D eigenvalue weighted by Crippen LogP contribution is 2.32. The summed E-state index contributed by atoms with van der Waals surface area (Å²) >= 11 is 7.42. The van der Waals surface area contributed by atoms with Gasteiger partial charge in [0.25, 0.3) is 5.91 Å². The second kappa shape index (κ2) is 4.72. The zero-order chi connectivity index (χ0) is 11.7. The number of carbonyl (C=O) groups excluding carboxylic acids is 1. The van der Waals surface area contributed by atoms with Crippen LogP contribution in [0.25, 0.3) is 0 Å². The van der Waals surface area contributed by atoms with Crippen LogP contribution >= 0.6 is 22.9 Å². The molecule has 0 aliphatic heterocycles. The highest BCUT2D eigenvalue weighted by atomic mass is 35.5. The summed E-state index contributed by atoms with van der Waals surface area (Å²) in [6, 6.07) is 0. The van der Waals surface area contributed by atoms with E-state index < -0.39 is 0 Å². The molecule has 0 atom stereocenters. The van der Waals surface area contributed by atoms with Crippen LogP contribution in [0.15, 0.2) is 5.38 Å². The van der Waals surface area contributed by atoms with Crippen molar-refractivity contribution in [3.8, 4) is 0 Å². The molecule has 16 heavy (non-hydrogen) atoms. The first-order valence-electron chi connectivity index (χ1n) is 5.38. The third-order valence-corrected chi connectivity index (χ3v) is 4.02. The number of hydrogen-bond acceptors (Lipinski definition) is 3. The molecule has 1 amide bonds. The van der Waals surface area contributed by atoms with Crippen molar-refractivity contribution in [1.82, 2.24) is 9.88 Å². The lowest BCUT2D eigenvalue weighted by atomic mass is 9.84. The molecule has 0 spiro atoms. The van der Waals surface area contributed by atoms with Crippen LogP contribution < -0.4 is 0 Å². The van der Waals surface area contributed by atoms with E-state index in [0.29, 0.717) is 17.0 Å². The van der Waals surface area contributed by atoms with E-state index >= 15 is 0 Å². The molecule has 1 fully saturated rings. The summed E-state index contributed by atoms with van der Waals surface area (Å²) in [5, 5.41) is 3.07. The molecule has 2 rings (SSSR count). The minimum Gasteiger partial charge on any atom is -0.340 e. The lowest BCUT2D eigenvalue weighted by molar-refractivity contribution is 0.0742. The Morgan fingerprint density at radius 1 is 1.69 bits per heavy atom. The molecule has 0 unspecified atom stereocenters. The molecule has 88 valence electrons. The largest absolute Gasteiger partial charge is 0.340 e. The first kappa shape index (κ1) is 11.9. The second-order valence-corrected chi connectivity index (χ2v) is 6.05. The van der Waals surface area contributed by atoms with Crippen molar-refractivity contribution in [3.63, 3.8) is 0 Å². The molecule has 5 heteroatoms. The van der Waals surface area contributed by atoms with Gasteiger partial charge in [0.15, 0.2) is 0 Å². The van der Waals surface area contributed by atoms with Crippen molar-refractivity contribution in [1.29, 1.82) is 0 Å². The zero-order valence-corrected chi connectivity index (χ0v) is 11.0. The van der Waals surface area contributed by atoms with Gasteiger partial charge in [0.1, 0.15) is 5.69 Å². The number of aryl methyl sites for hydroxylation is 1. The van der Waals surface area contributed by atoms with Crippen LogP contribution in [0.1, 0.15) is 28.3 Å². The summed E-state index contributed by atoms with van der Waals surface area (Å²) < 4.78 is 0. The van der Waals surface area contributed by atoms with Gasteiger partial charge in [0, 0.05) is 24.3 Å². The molecule has 1 heterocycles. The minimum absolute atomic E-state index is 0.0161. The van der Waals surface area contributed by atoms with E-state index in [4.69, 9.17) is 11.6 Å². The number of halogens is 1. The Balaban J connectivity index is 1.89. The minimum atomic E-state index is 0.0161. The van der Waals surface area contributed by atoms with Gasteiger partial charge >= 0.3 is 0 Å². The fourth-order valence-electron chi connectivity index (χ4n) is 1.93. The second-order valence-electron chi connectivity index (χ2n) is 4.37. The van der Waals surface area contributed by atoms with Crippen molar-refractivity contribution < 1.29 is 4.79 Å². The summed E-state index contributed by atoms with van der Waals surface area (Å²) in [6.45, 7) is 2.70. The van der Waals surface area contributed by atoms with Crippen molar-refractivity contribution in [2.45, 2.75) is 25.1 Å². The SMILES string of the molecule is Cc1nc(C(=O)N(C)CC2CC(Cl)C2)cs1. The van der Waals surface area contributed by atoms with Crippen LogP contribution in [0.3, 0.4) is 0 Å². The Hall–Kier alpha value is -0.610. The summed E-state index contributed by atoms with van der Waals surface area (Å²) in [5.41, 5.74) is 0.562. The predicted molar refractivity (Wildman–Crippen MR) is 66.2 cm³/mol. The number of carbonyl (C=O) groups is 1. The smallest absolute Gasteiger partial charge is 0.273 e. The predicted octanol–water partition coefficient (Wildman–Crippen LogP) is 2.54. The molecule has 3 nitrogen and oxygen atoms in total. The van der Waals surface area contributed by atoms with Gasteiger partial charge in [-0.15, -0.1) is 22.9 Å². The fraction of sp³-hybridized carbons (Fsp3) is 0.636. The normalized spacial score (nSPS) is 23.9. The van der Waals surface area contributed by atoms with Crippen molar-refractivity contribution in [2.24, 2.45) is 5.92 Å². The van der Waals surface area contributed by atoms with Gasteiger partial charge in [-0.2, -0.15) is 0 Å². The van der Waals surface area contributed by atoms with E-state index in [2.05, 4.69) is 4.98 Å². The highest BCUT2D eigenvalue weighted by molar-refractivity contribution is 7.09.